The zero-order chi connectivity index (χ0) is 32.2. The number of aryl methyl sites for hydroxylation is 2. The lowest BCUT2D eigenvalue weighted by molar-refractivity contribution is -0.126. The average Bonchev–Trinajstić information content (AvgIpc) is 3.02. The Morgan fingerprint density at radius 1 is 1.18 bits per heavy atom. The molecule has 0 radical (unpaired) electrons. The summed E-state index contributed by atoms with van der Waals surface area (Å²) in [5.41, 5.74) is 3.28. The van der Waals surface area contributed by atoms with Gasteiger partial charge in [-0.25, -0.2) is 19.7 Å². The van der Waals surface area contributed by atoms with Gasteiger partial charge in [0.2, 0.25) is 5.91 Å². The fourth-order valence-electron chi connectivity index (χ4n) is 6.45. The second-order valence-corrected chi connectivity index (χ2v) is 12.5. The molecule has 1 saturated heterocycles. The Bertz CT molecular complexity index is 2150. The summed E-state index contributed by atoms with van der Waals surface area (Å²) in [6.45, 7) is 11.3. The number of carbonyl (C=O) groups excluding carboxylic acids is 1. The standard InChI is InChI=1S/C32H36N8O3P2/c1-6-20-27-21(35-15-34-20)9-8-19-18(13-33-5)12-22(44)30(45)25(19)24-17(4)36-26-28(29(24)42)40(27)32(43)37-31(26)39-11-10-38(14-16(39)3)23(41)7-2/h7-9,12,15-16,33H,2,6,10-11,13-14,44-45H2,1,3-5H3,(H,36,42)/t16-/m0/s1. The van der Waals surface area contributed by atoms with E-state index in [1.807, 2.05) is 44.9 Å². The van der Waals surface area contributed by atoms with Crippen LogP contribution in [0.5, 0.6) is 5.75 Å². The molecule has 2 unspecified atom stereocenters. The maximum absolute atomic E-state index is 14.2. The van der Waals surface area contributed by atoms with Gasteiger partial charge in [-0.3, -0.25) is 9.20 Å². The molecular weight excluding hydrogens is 606 g/mol. The van der Waals surface area contributed by atoms with E-state index in [0.29, 0.717) is 71.7 Å². The number of aromatic nitrogens is 5. The quantitative estimate of drug-likeness (QED) is 0.220. The number of fused-ring (bicyclic) bond motifs is 5. The molecule has 0 spiro atoms. The van der Waals surface area contributed by atoms with Crippen molar-refractivity contribution in [1.29, 1.82) is 0 Å². The van der Waals surface area contributed by atoms with Gasteiger partial charge >= 0.3 is 5.69 Å². The maximum Gasteiger partial charge on any atom is 0.355 e. The van der Waals surface area contributed by atoms with E-state index >= 15 is 0 Å². The normalized spacial score (nSPS) is 15.4. The predicted molar refractivity (Wildman–Crippen MR) is 187 cm³/mol. The molecule has 13 heteroatoms. The van der Waals surface area contributed by atoms with Gasteiger partial charge in [0.15, 0.2) is 11.6 Å². The number of piperazine rings is 1. The minimum Gasteiger partial charge on any atom is -0.505 e. The molecular formula is C32H36N8O3P2. The van der Waals surface area contributed by atoms with Crippen LogP contribution < -0.4 is 26.5 Å². The second kappa shape index (κ2) is 12.0. The van der Waals surface area contributed by atoms with Crippen LogP contribution in [0.15, 0.2) is 42.0 Å². The zero-order valence-corrected chi connectivity index (χ0v) is 28.1. The van der Waals surface area contributed by atoms with Crippen molar-refractivity contribution in [2.75, 3.05) is 31.6 Å². The second-order valence-electron chi connectivity index (χ2n) is 11.3. The molecule has 45 heavy (non-hydrogen) atoms. The van der Waals surface area contributed by atoms with Gasteiger partial charge in [0.1, 0.15) is 17.4 Å². The highest BCUT2D eigenvalue weighted by molar-refractivity contribution is 7.36. The highest BCUT2D eigenvalue weighted by Crippen LogP contribution is 2.38. The number of nitrogens with zero attached hydrogens (tertiary/aromatic N) is 7. The molecule has 1 fully saturated rings. The van der Waals surface area contributed by atoms with E-state index in [1.165, 1.54) is 16.8 Å². The topological polar surface area (TPSA) is 129 Å². The number of carbonyl (C=O) groups is 1. The first-order chi connectivity index (χ1) is 21.6. The lowest BCUT2D eigenvalue weighted by Crippen LogP contribution is -2.54. The molecule has 6 rings (SSSR count). The first kappa shape index (κ1) is 31.0. The Balaban J connectivity index is 1.85. The van der Waals surface area contributed by atoms with Crippen molar-refractivity contribution in [3.05, 3.63) is 64.6 Å². The van der Waals surface area contributed by atoms with Gasteiger partial charge in [0, 0.05) is 48.7 Å². The summed E-state index contributed by atoms with van der Waals surface area (Å²) in [5.74, 6) is 0.144. The average molecular weight is 643 g/mol. The van der Waals surface area contributed by atoms with E-state index in [9.17, 15) is 14.7 Å². The maximum atomic E-state index is 14.2. The summed E-state index contributed by atoms with van der Waals surface area (Å²) in [4.78, 5) is 49.1. The molecule has 1 aromatic carbocycles. The Morgan fingerprint density at radius 3 is 2.64 bits per heavy atom. The van der Waals surface area contributed by atoms with Crippen molar-refractivity contribution >= 4 is 79.0 Å². The summed E-state index contributed by atoms with van der Waals surface area (Å²) >= 11 is 0. The van der Waals surface area contributed by atoms with Gasteiger partial charge in [0.05, 0.1) is 16.7 Å². The van der Waals surface area contributed by atoms with Crippen molar-refractivity contribution in [2.45, 2.75) is 39.8 Å². The highest BCUT2D eigenvalue weighted by Gasteiger charge is 2.30. The number of hydrogen-bond acceptors (Lipinski definition) is 9. The molecule has 0 aliphatic carbocycles. The van der Waals surface area contributed by atoms with Crippen molar-refractivity contribution in [1.82, 2.24) is 34.6 Å². The Kier molecular flexibility index (Phi) is 8.29. The molecule has 3 atom stereocenters. The third kappa shape index (κ3) is 5.03. The van der Waals surface area contributed by atoms with Crippen LogP contribution in [0.4, 0.5) is 5.82 Å². The molecule has 1 aliphatic heterocycles. The van der Waals surface area contributed by atoms with E-state index in [1.54, 1.807) is 4.90 Å². The number of amides is 1. The molecule has 2 N–H and O–H groups in total. The summed E-state index contributed by atoms with van der Waals surface area (Å²) in [6, 6.07) is 5.81. The number of hydrogen-bond donors (Lipinski definition) is 2. The molecule has 11 nitrogen and oxygen atoms in total. The van der Waals surface area contributed by atoms with Crippen LogP contribution in [-0.2, 0) is 17.8 Å². The van der Waals surface area contributed by atoms with Gasteiger partial charge < -0.3 is 20.2 Å². The summed E-state index contributed by atoms with van der Waals surface area (Å²) in [7, 11) is 7.49. The fraction of sp³-hybridized carbons (Fsp3) is 0.312. The lowest BCUT2D eigenvalue weighted by Gasteiger charge is -2.40. The third-order valence-electron chi connectivity index (χ3n) is 8.58. The summed E-state index contributed by atoms with van der Waals surface area (Å²) < 4.78 is 1.41. The monoisotopic (exact) mass is 642 g/mol. The first-order valence-corrected chi connectivity index (χ1v) is 16.0. The number of anilines is 1. The fourth-order valence-corrected chi connectivity index (χ4v) is 7.18. The van der Waals surface area contributed by atoms with Gasteiger partial charge in [0.25, 0.3) is 0 Å². The van der Waals surface area contributed by atoms with Crippen molar-refractivity contribution in [2.24, 2.45) is 0 Å². The number of pyridine rings is 1. The predicted octanol–water partition coefficient (Wildman–Crippen LogP) is 2.42. The van der Waals surface area contributed by atoms with Crippen LogP contribution >= 0.6 is 18.5 Å². The van der Waals surface area contributed by atoms with E-state index in [0.717, 1.165) is 26.9 Å². The van der Waals surface area contributed by atoms with Crippen LogP contribution in [0.25, 0.3) is 38.2 Å². The summed E-state index contributed by atoms with van der Waals surface area (Å²) in [6.07, 6.45) is 3.32. The van der Waals surface area contributed by atoms with Crippen molar-refractivity contribution < 1.29 is 9.90 Å². The number of nitrogens with one attached hydrogen (secondary N) is 1. The van der Waals surface area contributed by atoms with Gasteiger partial charge in [-0.2, -0.15) is 4.98 Å². The van der Waals surface area contributed by atoms with Crippen LogP contribution in [0.3, 0.4) is 0 Å². The molecule has 1 amide bonds. The number of benzene rings is 1. The van der Waals surface area contributed by atoms with E-state index in [-0.39, 0.29) is 23.2 Å². The van der Waals surface area contributed by atoms with Gasteiger partial charge in [-0.1, -0.05) is 19.6 Å². The SMILES string of the molecule is C=CC(=O)N1CCN(c2nc(=O)n3c4c(CC)ncnc4ccc4c(CNC)cc(P)c(P)c4c4c(C)nc2c3c4O)[C@@H](C)C1. The molecule has 1 aliphatic rings. The Morgan fingerprint density at radius 2 is 1.96 bits per heavy atom. The molecule has 0 saturated carbocycles. The molecule has 4 aromatic heterocycles. The zero-order valence-electron chi connectivity index (χ0n) is 25.8. The van der Waals surface area contributed by atoms with Crippen molar-refractivity contribution in [3.63, 3.8) is 0 Å². The van der Waals surface area contributed by atoms with Gasteiger partial charge in [-0.15, -0.1) is 18.5 Å². The lowest BCUT2D eigenvalue weighted by atomic mass is 10.0. The molecule has 232 valence electrons. The first-order valence-electron chi connectivity index (χ1n) is 14.8. The number of aromatic hydroxyl groups is 1. The van der Waals surface area contributed by atoms with E-state index in [4.69, 9.17) is 4.98 Å². The largest absolute Gasteiger partial charge is 0.505 e. The molecule has 2 bridgehead atoms. The molecule has 5 heterocycles. The van der Waals surface area contributed by atoms with Crippen LogP contribution in [0.1, 0.15) is 30.8 Å². The highest BCUT2D eigenvalue weighted by atomic mass is 31.0. The van der Waals surface area contributed by atoms with Gasteiger partial charge in [-0.05, 0) is 67.1 Å². The van der Waals surface area contributed by atoms with Crippen LogP contribution in [0.2, 0.25) is 0 Å². The van der Waals surface area contributed by atoms with Crippen molar-refractivity contribution in [3.8, 4) is 5.75 Å². The Labute approximate surface area is 264 Å². The van der Waals surface area contributed by atoms with E-state index < -0.39 is 5.69 Å². The minimum atomic E-state index is -0.581. The molecule has 5 aromatic rings. The smallest absolute Gasteiger partial charge is 0.355 e. The summed E-state index contributed by atoms with van der Waals surface area (Å²) in [5, 5.41) is 19.8. The number of rotatable bonds is 5. The Hall–Kier alpha value is -4.04. The van der Waals surface area contributed by atoms with E-state index in [2.05, 4.69) is 51.4 Å². The van der Waals surface area contributed by atoms with Crippen LogP contribution in [0, 0.1) is 6.92 Å². The van der Waals surface area contributed by atoms with Crippen LogP contribution in [-0.4, -0.2) is 73.0 Å². The third-order valence-corrected chi connectivity index (χ3v) is 10.0. The minimum absolute atomic E-state index is 0.0745.